The molecular formula is C9H11ClF2N2O2. The molecule has 0 heterocycles. The molecule has 0 aliphatic heterocycles. The van der Waals surface area contributed by atoms with E-state index in [4.69, 9.17) is 5.73 Å². The van der Waals surface area contributed by atoms with Gasteiger partial charge in [-0.1, -0.05) is 18.2 Å². The van der Waals surface area contributed by atoms with Crippen molar-refractivity contribution >= 4 is 18.1 Å². The third-order valence-electron chi connectivity index (χ3n) is 1.97. The van der Waals surface area contributed by atoms with Gasteiger partial charge in [0.2, 0.25) is 6.43 Å². The van der Waals surface area contributed by atoms with E-state index in [1.807, 2.05) is 0 Å². The summed E-state index contributed by atoms with van der Waals surface area (Å²) >= 11 is 0. The zero-order chi connectivity index (χ0) is 11.4. The maximum atomic E-state index is 12.1. The smallest absolute Gasteiger partial charge is 0.274 e. The lowest BCUT2D eigenvalue weighted by Crippen LogP contribution is -2.15. The number of hydrogen-bond acceptors (Lipinski definition) is 3. The van der Waals surface area contributed by atoms with Crippen molar-refractivity contribution < 1.29 is 13.7 Å². The Balaban J connectivity index is 0.00000225. The maximum absolute atomic E-state index is 12.1. The van der Waals surface area contributed by atoms with Crippen molar-refractivity contribution in [2.75, 3.05) is 0 Å². The van der Waals surface area contributed by atoms with Crippen molar-refractivity contribution in [3.63, 3.8) is 0 Å². The highest BCUT2D eigenvalue weighted by Crippen LogP contribution is 2.26. The van der Waals surface area contributed by atoms with Gasteiger partial charge in [-0.15, -0.1) is 12.4 Å². The molecule has 0 amide bonds. The van der Waals surface area contributed by atoms with Crippen molar-refractivity contribution in [1.82, 2.24) is 0 Å². The van der Waals surface area contributed by atoms with Crippen molar-refractivity contribution in [1.29, 1.82) is 0 Å². The van der Waals surface area contributed by atoms with Gasteiger partial charge in [0.1, 0.15) is 0 Å². The monoisotopic (exact) mass is 252 g/mol. The van der Waals surface area contributed by atoms with Crippen LogP contribution in [0.4, 0.5) is 14.5 Å². The third-order valence-corrected chi connectivity index (χ3v) is 1.97. The molecule has 0 saturated heterocycles. The van der Waals surface area contributed by atoms with E-state index in [-0.39, 0.29) is 23.7 Å². The van der Waals surface area contributed by atoms with Crippen LogP contribution in [0, 0.1) is 10.1 Å². The highest BCUT2D eigenvalue weighted by atomic mass is 35.5. The molecule has 1 aromatic rings. The highest BCUT2D eigenvalue weighted by molar-refractivity contribution is 5.85. The van der Waals surface area contributed by atoms with Crippen LogP contribution >= 0.6 is 12.4 Å². The molecule has 1 atom stereocenters. The van der Waals surface area contributed by atoms with Crippen LogP contribution in [-0.4, -0.2) is 11.3 Å². The van der Waals surface area contributed by atoms with Gasteiger partial charge in [0.25, 0.3) is 5.69 Å². The summed E-state index contributed by atoms with van der Waals surface area (Å²) in [5.74, 6) is 0. The zero-order valence-corrected chi connectivity index (χ0v) is 8.99. The first-order valence-electron chi connectivity index (χ1n) is 4.29. The second-order valence-corrected chi connectivity index (χ2v) is 3.05. The fourth-order valence-electron chi connectivity index (χ4n) is 1.29. The van der Waals surface area contributed by atoms with Crippen molar-refractivity contribution in [3.05, 3.63) is 39.9 Å². The molecule has 0 unspecified atom stereocenters. The van der Waals surface area contributed by atoms with Gasteiger partial charge < -0.3 is 5.73 Å². The van der Waals surface area contributed by atoms with E-state index in [1.165, 1.54) is 24.3 Å². The Hall–Kier alpha value is -1.27. The third kappa shape index (κ3) is 3.71. The Morgan fingerprint density at radius 3 is 2.44 bits per heavy atom. The van der Waals surface area contributed by atoms with E-state index in [9.17, 15) is 18.9 Å². The highest BCUT2D eigenvalue weighted by Gasteiger charge is 2.21. The van der Waals surface area contributed by atoms with Gasteiger partial charge in [-0.25, -0.2) is 8.78 Å². The quantitative estimate of drug-likeness (QED) is 0.662. The Kier molecular flexibility index (Phi) is 5.84. The van der Waals surface area contributed by atoms with E-state index >= 15 is 0 Å². The molecule has 0 saturated carbocycles. The van der Waals surface area contributed by atoms with E-state index in [2.05, 4.69) is 0 Å². The van der Waals surface area contributed by atoms with E-state index < -0.39 is 23.8 Å². The number of halogens is 3. The maximum Gasteiger partial charge on any atom is 0.274 e. The van der Waals surface area contributed by atoms with Crippen LogP contribution < -0.4 is 5.73 Å². The van der Waals surface area contributed by atoms with Gasteiger partial charge in [-0.2, -0.15) is 0 Å². The van der Waals surface area contributed by atoms with Crippen LogP contribution in [0.5, 0.6) is 0 Å². The predicted molar refractivity (Wildman–Crippen MR) is 57.9 cm³/mol. The van der Waals surface area contributed by atoms with Crippen molar-refractivity contribution in [2.24, 2.45) is 5.73 Å². The molecule has 0 bridgehead atoms. The molecule has 16 heavy (non-hydrogen) atoms. The molecule has 1 rings (SSSR count). The van der Waals surface area contributed by atoms with Gasteiger partial charge >= 0.3 is 0 Å². The number of rotatable bonds is 4. The number of nitro benzene ring substituents is 1. The average Bonchev–Trinajstić information content (AvgIpc) is 2.16. The second-order valence-electron chi connectivity index (χ2n) is 3.05. The SMILES string of the molecule is Cl.N[C@H](CC(F)F)c1ccccc1[N+](=O)[O-]. The van der Waals surface area contributed by atoms with Gasteiger partial charge in [-0.3, -0.25) is 10.1 Å². The number of benzene rings is 1. The topological polar surface area (TPSA) is 69.2 Å². The molecule has 0 aliphatic carbocycles. The number of nitrogens with zero attached hydrogens (tertiary/aromatic N) is 1. The van der Waals surface area contributed by atoms with Gasteiger partial charge in [0.15, 0.2) is 0 Å². The van der Waals surface area contributed by atoms with Crippen LogP contribution in [0.25, 0.3) is 0 Å². The van der Waals surface area contributed by atoms with Crippen LogP contribution in [-0.2, 0) is 0 Å². The molecule has 0 fully saturated rings. The Bertz CT molecular complexity index is 363. The Labute approximate surface area is 97.0 Å². The van der Waals surface area contributed by atoms with Gasteiger partial charge in [0, 0.05) is 24.1 Å². The van der Waals surface area contributed by atoms with E-state index in [1.54, 1.807) is 0 Å². The van der Waals surface area contributed by atoms with E-state index in [0.29, 0.717) is 0 Å². The van der Waals surface area contributed by atoms with Gasteiger partial charge in [-0.05, 0) is 0 Å². The molecule has 0 aromatic heterocycles. The lowest BCUT2D eigenvalue weighted by molar-refractivity contribution is -0.385. The second kappa shape index (κ2) is 6.34. The summed E-state index contributed by atoms with van der Waals surface area (Å²) < 4.78 is 24.1. The van der Waals surface area contributed by atoms with Crippen molar-refractivity contribution in [3.8, 4) is 0 Å². The summed E-state index contributed by atoms with van der Waals surface area (Å²) in [5, 5.41) is 10.6. The lowest BCUT2D eigenvalue weighted by atomic mass is 10.0. The molecule has 7 heteroatoms. The minimum atomic E-state index is -2.57. The molecule has 90 valence electrons. The number of nitrogens with two attached hydrogens (primary N) is 1. The number of nitro groups is 1. The predicted octanol–water partition coefficient (Wildman–Crippen LogP) is 2.67. The largest absolute Gasteiger partial charge is 0.324 e. The van der Waals surface area contributed by atoms with E-state index in [0.717, 1.165) is 0 Å². The molecule has 0 spiro atoms. The molecule has 0 aliphatic rings. The fraction of sp³-hybridized carbons (Fsp3) is 0.333. The van der Waals surface area contributed by atoms with Crippen LogP contribution in [0.15, 0.2) is 24.3 Å². The Morgan fingerprint density at radius 2 is 1.94 bits per heavy atom. The minimum Gasteiger partial charge on any atom is -0.324 e. The number of hydrogen-bond donors (Lipinski definition) is 1. The molecular weight excluding hydrogens is 242 g/mol. The Morgan fingerprint density at radius 1 is 1.38 bits per heavy atom. The normalized spacial score (nSPS) is 12.0. The number of alkyl halides is 2. The average molecular weight is 253 g/mol. The summed E-state index contributed by atoms with van der Waals surface area (Å²) in [7, 11) is 0. The summed E-state index contributed by atoms with van der Waals surface area (Å²) in [5.41, 5.74) is 5.37. The standard InChI is InChI=1S/C9H10F2N2O2.ClH/c10-9(11)5-7(12)6-3-1-2-4-8(6)13(14)15;/h1-4,7,9H,5,12H2;1H/t7-;/m1./s1. The van der Waals surface area contributed by atoms with Crippen molar-refractivity contribution in [2.45, 2.75) is 18.9 Å². The summed E-state index contributed by atoms with van der Waals surface area (Å²) in [6.07, 6.45) is -3.15. The lowest BCUT2D eigenvalue weighted by Gasteiger charge is -2.11. The first-order valence-corrected chi connectivity index (χ1v) is 4.29. The van der Waals surface area contributed by atoms with Crippen LogP contribution in [0.3, 0.4) is 0 Å². The summed E-state index contributed by atoms with van der Waals surface area (Å²) in [4.78, 5) is 9.95. The number of para-hydroxylation sites is 1. The fourth-order valence-corrected chi connectivity index (χ4v) is 1.29. The van der Waals surface area contributed by atoms with Crippen LogP contribution in [0.1, 0.15) is 18.0 Å². The first-order chi connectivity index (χ1) is 7.02. The summed E-state index contributed by atoms with van der Waals surface area (Å²) in [6, 6.07) is 4.64. The molecule has 4 nitrogen and oxygen atoms in total. The molecule has 1 aromatic carbocycles. The first kappa shape index (κ1) is 14.7. The van der Waals surface area contributed by atoms with Gasteiger partial charge in [0.05, 0.1) is 4.92 Å². The zero-order valence-electron chi connectivity index (χ0n) is 8.18. The molecule has 2 N–H and O–H groups in total. The molecule has 0 radical (unpaired) electrons. The van der Waals surface area contributed by atoms with Crippen LogP contribution in [0.2, 0.25) is 0 Å². The minimum absolute atomic E-state index is 0. The summed E-state index contributed by atoms with van der Waals surface area (Å²) in [6.45, 7) is 0.